The molecule has 0 unspecified atom stereocenters. The third-order valence-electron chi connectivity index (χ3n) is 4.85. The number of aromatic nitrogens is 3. The number of hydrogen-bond acceptors (Lipinski definition) is 7. The lowest BCUT2D eigenvalue weighted by Crippen LogP contribution is -2.29. The van der Waals surface area contributed by atoms with E-state index >= 15 is 0 Å². The van der Waals surface area contributed by atoms with Crippen LogP contribution in [0.25, 0.3) is 16.7 Å². The maximum absolute atomic E-state index is 12.8. The number of hydrogen-bond donors (Lipinski definition) is 1. The standard InChI is InChI=1S/C19H18N4O5S/c1-28-22-18(25)15-10-23(13-7-6-11-4-3-5-12(11)8-13)17-14(16(15)24)9-20-19(21-17)29(2,26)27/h6-10H,3-5H2,1-2H3,(H,22,25). The highest BCUT2D eigenvalue weighted by Crippen LogP contribution is 2.26. The summed E-state index contributed by atoms with van der Waals surface area (Å²) in [6, 6.07) is 5.82. The number of rotatable bonds is 4. The van der Waals surface area contributed by atoms with Crippen molar-refractivity contribution in [1.29, 1.82) is 0 Å². The Morgan fingerprint density at radius 1 is 1.24 bits per heavy atom. The first-order chi connectivity index (χ1) is 13.8. The van der Waals surface area contributed by atoms with E-state index in [2.05, 4.69) is 20.3 Å². The molecule has 1 aliphatic rings. The van der Waals surface area contributed by atoms with Crippen molar-refractivity contribution in [3.8, 4) is 5.69 Å². The second-order valence-electron chi connectivity index (χ2n) is 6.85. The van der Waals surface area contributed by atoms with Gasteiger partial charge in [0, 0.05) is 24.3 Å². The van der Waals surface area contributed by atoms with Crippen molar-refractivity contribution >= 4 is 26.8 Å². The molecule has 0 bridgehead atoms. The number of amides is 1. The molecule has 0 saturated heterocycles. The Balaban J connectivity index is 2.05. The maximum atomic E-state index is 12.8. The third kappa shape index (κ3) is 3.40. The van der Waals surface area contributed by atoms with E-state index in [0.717, 1.165) is 31.7 Å². The summed E-state index contributed by atoms with van der Waals surface area (Å²) in [5.74, 6) is -0.721. The molecule has 1 aromatic carbocycles. The van der Waals surface area contributed by atoms with Crippen molar-refractivity contribution in [1.82, 2.24) is 20.0 Å². The average Bonchev–Trinajstić information content (AvgIpc) is 3.15. The van der Waals surface area contributed by atoms with Crippen LogP contribution in [0.2, 0.25) is 0 Å². The molecule has 1 amide bonds. The van der Waals surface area contributed by atoms with Gasteiger partial charge < -0.3 is 4.57 Å². The minimum atomic E-state index is -3.69. The zero-order valence-corrected chi connectivity index (χ0v) is 16.6. The molecule has 1 N–H and O–H groups in total. The zero-order chi connectivity index (χ0) is 20.8. The minimum Gasteiger partial charge on any atom is -0.300 e. The van der Waals surface area contributed by atoms with Crippen LogP contribution in [0.5, 0.6) is 0 Å². The Bertz CT molecular complexity index is 1310. The maximum Gasteiger partial charge on any atom is 0.280 e. The van der Waals surface area contributed by atoms with Crippen molar-refractivity contribution in [3.63, 3.8) is 0 Å². The first-order valence-electron chi connectivity index (χ1n) is 8.87. The van der Waals surface area contributed by atoms with Gasteiger partial charge in [-0.1, -0.05) is 6.07 Å². The lowest BCUT2D eigenvalue weighted by molar-refractivity contribution is 0.0536. The summed E-state index contributed by atoms with van der Waals surface area (Å²) in [4.78, 5) is 37.7. The molecule has 2 aromatic heterocycles. The molecule has 0 radical (unpaired) electrons. The molecule has 0 aliphatic heterocycles. The van der Waals surface area contributed by atoms with Gasteiger partial charge in [-0.25, -0.2) is 18.9 Å². The lowest BCUT2D eigenvalue weighted by atomic mass is 10.1. The molecular weight excluding hydrogens is 396 g/mol. The molecule has 0 saturated carbocycles. The Kier molecular flexibility index (Phi) is 4.67. The summed E-state index contributed by atoms with van der Waals surface area (Å²) in [7, 11) is -2.42. The number of aryl methyl sites for hydroxylation is 2. The normalized spacial score (nSPS) is 13.4. The van der Waals surface area contributed by atoms with Gasteiger partial charge in [-0.3, -0.25) is 14.4 Å². The number of sulfone groups is 1. The van der Waals surface area contributed by atoms with Crippen molar-refractivity contribution in [2.45, 2.75) is 24.4 Å². The van der Waals surface area contributed by atoms with Gasteiger partial charge in [-0.2, -0.15) is 4.98 Å². The van der Waals surface area contributed by atoms with Crippen LogP contribution in [-0.4, -0.2) is 42.2 Å². The molecule has 4 rings (SSSR count). The predicted octanol–water partition coefficient (Wildman–Crippen LogP) is 0.964. The number of carbonyl (C=O) groups is 1. The summed E-state index contributed by atoms with van der Waals surface area (Å²) in [5.41, 5.74) is 4.55. The Morgan fingerprint density at radius 2 is 2.00 bits per heavy atom. The topological polar surface area (TPSA) is 120 Å². The van der Waals surface area contributed by atoms with E-state index in [0.29, 0.717) is 5.69 Å². The molecular formula is C19H18N4O5S. The van der Waals surface area contributed by atoms with E-state index in [9.17, 15) is 18.0 Å². The summed E-state index contributed by atoms with van der Waals surface area (Å²) in [5, 5.41) is -0.366. The van der Waals surface area contributed by atoms with E-state index in [1.54, 1.807) is 0 Å². The van der Waals surface area contributed by atoms with Gasteiger partial charge in [0.15, 0.2) is 5.65 Å². The third-order valence-corrected chi connectivity index (χ3v) is 5.71. The monoisotopic (exact) mass is 414 g/mol. The fourth-order valence-electron chi connectivity index (χ4n) is 3.49. The Hall–Kier alpha value is -3.11. The van der Waals surface area contributed by atoms with Gasteiger partial charge in [-0.15, -0.1) is 0 Å². The first kappa shape index (κ1) is 19.2. The fourth-order valence-corrected chi connectivity index (χ4v) is 3.98. The Morgan fingerprint density at radius 3 is 2.72 bits per heavy atom. The molecule has 0 fully saturated rings. The average molecular weight is 414 g/mol. The van der Waals surface area contributed by atoms with Gasteiger partial charge in [0.05, 0.1) is 12.5 Å². The molecule has 29 heavy (non-hydrogen) atoms. The fraction of sp³-hybridized carbons (Fsp3) is 0.263. The van der Waals surface area contributed by atoms with Crippen molar-refractivity contribution in [2.75, 3.05) is 13.4 Å². The van der Waals surface area contributed by atoms with Crippen LogP contribution in [0.4, 0.5) is 0 Å². The van der Waals surface area contributed by atoms with Crippen LogP contribution >= 0.6 is 0 Å². The van der Waals surface area contributed by atoms with Crippen LogP contribution < -0.4 is 10.9 Å². The first-order valence-corrected chi connectivity index (χ1v) is 10.8. The van der Waals surface area contributed by atoms with E-state index < -0.39 is 26.3 Å². The van der Waals surface area contributed by atoms with E-state index in [4.69, 9.17) is 0 Å². The summed E-state index contributed by atoms with van der Waals surface area (Å²) in [6.45, 7) is 0. The van der Waals surface area contributed by atoms with Crippen LogP contribution in [-0.2, 0) is 27.5 Å². The molecule has 0 spiro atoms. The number of carbonyl (C=O) groups excluding carboxylic acids is 1. The highest BCUT2D eigenvalue weighted by Gasteiger charge is 2.21. The molecule has 0 atom stereocenters. The van der Waals surface area contributed by atoms with Crippen LogP contribution in [0.3, 0.4) is 0 Å². The number of benzene rings is 1. The quantitative estimate of drug-likeness (QED) is 0.499. The second-order valence-corrected chi connectivity index (χ2v) is 8.76. The summed E-state index contributed by atoms with van der Waals surface area (Å²) in [6.07, 6.45) is 6.46. The SMILES string of the molecule is CONC(=O)c1cn(-c2ccc3c(c2)CCC3)c2nc(S(C)(=O)=O)ncc2c1=O. The number of nitrogens with zero attached hydrogens (tertiary/aromatic N) is 3. The predicted molar refractivity (Wildman–Crippen MR) is 105 cm³/mol. The van der Waals surface area contributed by atoms with Crippen molar-refractivity contribution in [2.24, 2.45) is 0 Å². The highest BCUT2D eigenvalue weighted by molar-refractivity contribution is 7.90. The van der Waals surface area contributed by atoms with Gasteiger partial charge in [0.1, 0.15) is 5.56 Å². The summed E-state index contributed by atoms with van der Waals surface area (Å²) < 4.78 is 25.4. The lowest BCUT2D eigenvalue weighted by Gasteiger charge is -2.14. The molecule has 10 heteroatoms. The highest BCUT2D eigenvalue weighted by atomic mass is 32.2. The van der Waals surface area contributed by atoms with Gasteiger partial charge in [0.25, 0.3) is 5.91 Å². The molecule has 3 aromatic rings. The number of nitrogens with one attached hydrogen (secondary N) is 1. The largest absolute Gasteiger partial charge is 0.300 e. The van der Waals surface area contributed by atoms with E-state index in [1.807, 2.05) is 18.2 Å². The summed E-state index contributed by atoms with van der Waals surface area (Å²) >= 11 is 0. The molecule has 9 nitrogen and oxygen atoms in total. The van der Waals surface area contributed by atoms with Crippen LogP contribution in [0.15, 0.2) is 40.5 Å². The molecule has 1 aliphatic carbocycles. The van der Waals surface area contributed by atoms with Crippen LogP contribution in [0, 0.1) is 0 Å². The van der Waals surface area contributed by atoms with Gasteiger partial charge >= 0.3 is 0 Å². The number of fused-ring (bicyclic) bond motifs is 2. The zero-order valence-electron chi connectivity index (χ0n) is 15.8. The molecule has 2 heterocycles. The smallest absolute Gasteiger partial charge is 0.280 e. The van der Waals surface area contributed by atoms with Crippen molar-refractivity contribution < 1.29 is 18.0 Å². The van der Waals surface area contributed by atoms with Crippen LogP contribution in [0.1, 0.15) is 27.9 Å². The Labute approximate surface area is 166 Å². The van der Waals surface area contributed by atoms with Gasteiger partial charge in [-0.05, 0) is 42.5 Å². The number of pyridine rings is 1. The second kappa shape index (κ2) is 7.05. The van der Waals surface area contributed by atoms with Crippen molar-refractivity contribution in [3.05, 3.63) is 57.5 Å². The molecule has 150 valence electrons. The van der Waals surface area contributed by atoms with E-state index in [1.165, 1.54) is 29.0 Å². The van der Waals surface area contributed by atoms with Gasteiger partial charge in [0.2, 0.25) is 20.4 Å². The van der Waals surface area contributed by atoms with E-state index in [-0.39, 0.29) is 16.6 Å². The minimum absolute atomic E-state index is 0.0293. The number of hydroxylamine groups is 1.